The third kappa shape index (κ3) is 3.29. The molecular formula is C15H26N2O2. The third-order valence-corrected chi connectivity index (χ3v) is 4.97. The molecule has 0 radical (unpaired) electrons. The molecule has 0 aromatic carbocycles. The number of hydrogen-bond acceptors (Lipinski definition) is 3. The molecule has 1 saturated carbocycles. The van der Waals surface area contributed by atoms with E-state index in [1.54, 1.807) is 0 Å². The van der Waals surface area contributed by atoms with E-state index >= 15 is 0 Å². The van der Waals surface area contributed by atoms with Gasteiger partial charge in [0.2, 0.25) is 5.91 Å². The first-order valence-corrected chi connectivity index (χ1v) is 7.97. The molecule has 0 aromatic rings. The van der Waals surface area contributed by atoms with Crippen LogP contribution in [0.25, 0.3) is 0 Å². The Labute approximate surface area is 115 Å². The summed E-state index contributed by atoms with van der Waals surface area (Å²) in [5.41, 5.74) is 0. The molecule has 1 amide bonds. The summed E-state index contributed by atoms with van der Waals surface area (Å²) in [6.07, 6.45) is 9.64. The molecule has 4 nitrogen and oxygen atoms in total. The van der Waals surface area contributed by atoms with Crippen LogP contribution < -0.4 is 10.6 Å². The average molecular weight is 266 g/mol. The number of nitrogens with one attached hydrogen (secondary N) is 2. The maximum atomic E-state index is 12.3. The van der Waals surface area contributed by atoms with E-state index in [1.165, 1.54) is 32.1 Å². The van der Waals surface area contributed by atoms with E-state index in [4.69, 9.17) is 4.74 Å². The molecule has 4 unspecified atom stereocenters. The van der Waals surface area contributed by atoms with Crippen molar-refractivity contribution in [3.63, 3.8) is 0 Å². The van der Waals surface area contributed by atoms with Gasteiger partial charge in [0.05, 0.1) is 18.7 Å². The van der Waals surface area contributed by atoms with Gasteiger partial charge in [-0.05, 0) is 44.4 Å². The van der Waals surface area contributed by atoms with Gasteiger partial charge in [0.15, 0.2) is 0 Å². The molecule has 2 N–H and O–H groups in total. The van der Waals surface area contributed by atoms with Crippen molar-refractivity contribution in [1.82, 2.24) is 10.6 Å². The van der Waals surface area contributed by atoms with Crippen molar-refractivity contribution in [2.24, 2.45) is 5.92 Å². The first-order valence-electron chi connectivity index (χ1n) is 7.97. The average Bonchev–Trinajstić information content (AvgIpc) is 2.48. The van der Waals surface area contributed by atoms with Crippen molar-refractivity contribution in [1.29, 1.82) is 0 Å². The highest BCUT2D eigenvalue weighted by atomic mass is 16.5. The number of fused-ring (bicyclic) bond motifs is 1. The molecule has 2 saturated heterocycles. The maximum Gasteiger partial charge on any atom is 0.237 e. The summed E-state index contributed by atoms with van der Waals surface area (Å²) < 4.78 is 5.42. The molecule has 1 aliphatic carbocycles. The molecule has 108 valence electrons. The molecular weight excluding hydrogens is 240 g/mol. The van der Waals surface area contributed by atoms with Gasteiger partial charge in [-0.3, -0.25) is 4.79 Å². The molecule has 2 heterocycles. The Morgan fingerprint density at radius 1 is 1.05 bits per heavy atom. The van der Waals surface area contributed by atoms with Gasteiger partial charge in [-0.2, -0.15) is 0 Å². The number of hydrogen-bond donors (Lipinski definition) is 2. The molecule has 3 rings (SSSR count). The van der Waals surface area contributed by atoms with Gasteiger partial charge in [0, 0.05) is 12.6 Å². The third-order valence-electron chi connectivity index (χ3n) is 4.97. The van der Waals surface area contributed by atoms with Gasteiger partial charge >= 0.3 is 0 Å². The Morgan fingerprint density at radius 2 is 1.95 bits per heavy atom. The van der Waals surface area contributed by atoms with Crippen LogP contribution in [-0.2, 0) is 9.53 Å². The number of carbonyl (C=O) groups is 1. The highest BCUT2D eigenvalue weighted by molar-refractivity contribution is 5.82. The summed E-state index contributed by atoms with van der Waals surface area (Å²) in [5.74, 6) is 1.01. The Morgan fingerprint density at radius 3 is 2.79 bits per heavy atom. The van der Waals surface area contributed by atoms with Gasteiger partial charge in [-0.1, -0.05) is 12.8 Å². The molecule has 3 aliphatic rings. The van der Waals surface area contributed by atoms with Gasteiger partial charge < -0.3 is 15.4 Å². The van der Waals surface area contributed by atoms with Crippen LogP contribution in [0.5, 0.6) is 0 Å². The Bertz CT molecular complexity index is 315. The lowest BCUT2D eigenvalue weighted by atomic mass is 9.77. The van der Waals surface area contributed by atoms with Crippen LogP contribution in [0.3, 0.4) is 0 Å². The minimum atomic E-state index is 0.0290. The van der Waals surface area contributed by atoms with Crippen LogP contribution in [0.1, 0.15) is 51.4 Å². The van der Waals surface area contributed by atoms with Crippen LogP contribution in [0.4, 0.5) is 0 Å². The van der Waals surface area contributed by atoms with Crippen molar-refractivity contribution in [2.45, 2.75) is 69.5 Å². The second kappa shape index (κ2) is 6.23. The summed E-state index contributed by atoms with van der Waals surface area (Å²) in [6.45, 7) is 1.53. The number of amides is 1. The molecule has 0 aromatic heterocycles. The summed E-state index contributed by atoms with van der Waals surface area (Å²) >= 11 is 0. The molecule has 2 aliphatic heterocycles. The fourth-order valence-corrected chi connectivity index (χ4v) is 3.86. The Balaban J connectivity index is 1.49. The van der Waals surface area contributed by atoms with E-state index in [-0.39, 0.29) is 18.0 Å². The Kier molecular flexibility index (Phi) is 4.38. The molecule has 0 spiro atoms. The molecule has 19 heavy (non-hydrogen) atoms. The number of carbonyl (C=O) groups excluding carboxylic acids is 1. The quantitative estimate of drug-likeness (QED) is 0.798. The topological polar surface area (TPSA) is 50.4 Å². The highest BCUT2D eigenvalue weighted by Gasteiger charge is 2.34. The summed E-state index contributed by atoms with van der Waals surface area (Å²) in [4.78, 5) is 12.3. The Hall–Kier alpha value is -0.610. The van der Waals surface area contributed by atoms with Crippen LogP contribution in [0.15, 0.2) is 0 Å². The standard InChI is InChI=1S/C15H26N2O2/c18-15(16-12-5-3-9-19-10-12)14-8-7-11-4-1-2-6-13(11)17-14/h11-14,17H,1-10H2,(H,16,18). The fraction of sp³-hybridized carbons (Fsp3) is 0.933. The maximum absolute atomic E-state index is 12.3. The number of piperidine rings is 1. The van der Waals surface area contributed by atoms with E-state index in [1.807, 2.05) is 0 Å². The van der Waals surface area contributed by atoms with Crippen LogP contribution in [0.2, 0.25) is 0 Å². The second-order valence-corrected chi connectivity index (χ2v) is 6.37. The lowest BCUT2D eigenvalue weighted by Gasteiger charge is -2.40. The molecule has 0 bridgehead atoms. The summed E-state index contributed by atoms with van der Waals surface area (Å²) in [5, 5.41) is 6.75. The monoisotopic (exact) mass is 266 g/mol. The first kappa shape index (κ1) is 13.4. The van der Waals surface area contributed by atoms with Crippen LogP contribution >= 0.6 is 0 Å². The highest BCUT2D eigenvalue weighted by Crippen LogP contribution is 2.32. The van der Waals surface area contributed by atoms with Crippen LogP contribution in [-0.4, -0.2) is 37.2 Å². The van der Waals surface area contributed by atoms with E-state index < -0.39 is 0 Å². The van der Waals surface area contributed by atoms with Crippen molar-refractivity contribution in [3.05, 3.63) is 0 Å². The van der Waals surface area contributed by atoms with Gasteiger partial charge in [-0.25, -0.2) is 0 Å². The van der Waals surface area contributed by atoms with Crippen LogP contribution in [0, 0.1) is 5.92 Å². The largest absolute Gasteiger partial charge is 0.379 e. The lowest BCUT2D eigenvalue weighted by Crippen LogP contribution is -2.56. The zero-order valence-electron chi connectivity index (χ0n) is 11.7. The number of rotatable bonds is 2. The van der Waals surface area contributed by atoms with Crippen molar-refractivity contribution in [3.8, 4) is 0 Å². The van der Waals surface area contributed by atoms with Gasteiger partial charge in [0.25, 0.3) is 0 Å². The summed E-state index contributed by atoms with van der Waals surface area (Å²) in [7, 11) is 0. The smallest absolute Gasteiger partial charge is 0.237 e. The predicted octanol–water partition coefficient (Wildman–Crippen LogP) is 1.59. The van der Waals surface area contributed by atoms with E-state index in [0.717, 1.165) is 31.8 Å². The van der Waals surface area contributed by atoms with E-state index in [0.29, 0.717) is 12.6 Å². The predicted molar refractivity (Wildman–Crippen MR) is 73.9 cm³/mol. The molecule has 3 fully saturated rings. The SMILES string of the molecule is O=C(NC1CCCOC1)C1CCC2CCCCC2N1. The fourth-order valence-electron chi connectivity index (χ4n) is 3.86. The van der Waals surface area contributed by atoms with Gasteiger partial charge in [-0.15, -0.1) is 0 Å². The zero-order valence-corrected chi connectivity index (χ0v) is 11.7. The second-order valence-electron chi connectivity index (χ2n) is 6.37. The van der Waals surface area contributed by atoms with Gasteiger partial charge in [0.1, 0.15) is 0 Å². The summed E-state index contributed by atoms with van der Waals surface area (Å²) in [6, 6.07) is 0.842. The van der Waals surface area contributed by atoms with Crippen molar-refractivity contribution < 1.29 is 9.53 Å². The van der Waals surface area contributed by atoms with E-state index in [2.05, 4.69) is 10.6 Å². The minimum Gasteiger partial charge on any atom is -0.379 e. The number of ether oxygens (including phenoxy) is 1. The first-order chi connectivity index (χ1) is 9.33. The minimum absolute atomic E-state index is 0.0290. The van der Waals surface area contributed by atoms with Crippen molar-refractivity contribution in [2.75, 3.05) is 13.2 Å². The van der Waals surface area contributed by atoms with Crippen molar-refractivity contribution >= 4 is 5.91 Å². The van der Waals surface area contributed by atoms with E-state index in [9.17, 15) is 4.79 Å². The molecule has 4 heteroatoms. The normalized spacial score (nSPS) is 39.4. The lowest BCUT2D eigenvalue weighted by molar-refractivity contribution is -0.126. The zero-order chi connectivity index (χ0) is 13.1. The molecule has 4 atom stereocenters.